The zero-order chi connectivity index (χ0) is 20.4. The van der Waals surface area contributed by atoms with Crippen LogP contribution >= 0.6 is 23.1 Å². The van der Waals surface area contributed by atoms with E-state index in [1.54, 1.807) is 11.3 Å². The Morgan fingerprint density at radius 1 is 0.933 bits per heavy atom. The van der Waals surface area contributed by atoms with Crippen molar-refractivity contribution in [2.45, 2.75) is 17.8 Å². The van der Waals surface area contributed by atoms with Gasteiger partial charge in [-0.15, -0.1) is 23.1 Å². The van der Waals surface area contributed by atoms with Crippen LogP contribution in [0.1, 0.15) is 12.5 Å². The van der Waals surface area contributed by atoms with E-state index in [1.807, 2.05) is 17.8 Å². The number of rotatable bonds is 4. The van der Waals surface area contributed by atoms with Crippen LogP contribution < -0.4 is 4.90 Å². The van der Waals surface area contributed by atoms with Gasteiger partial charge in [-0.1, -0.05) is 60.7 Å². The van der Waals surface area contributed by atoms with Crippen LogP contribution in [0.15, 0.2) is 71.0 Å². The first-order valence-corrected chi connectivity index (χ1v) is 12.4. The molecule has 0 amide bonds. The predicted octanol–water partition coefficient (Wildman–Crippen LogP) is 4.99. The summed E-state index contributed by atoms with van der Waals surface area (Å²) in [7, 11) is 0. The smallest absolute Gasteiger partial charge is 0.185 e. The average molecular weight is 435 g/mol. The molecule has 2 atom stereocenters. The van der Waals surface area contributed by atoms with Gasteiger partial charge in [-0.25, -0.2) is 4.98 Å². The summed E-state index contributed by atoms with van der Waals surface area (Å²) < 4.78 is 0. The average Bonchev–Trinajstić information content (AvgIpc) is 3.31. The van der Waals surface area contributed by atoms with Gasteiger partial charge in [0.05, 0.1) is 16.6 Å². The van der Waals surface area contributed by atoms with Crippen molar-refractivity contribution in [2.24, 2.45) is 4.99 Å². The maximum atomic E-state index is 4.99. The number of thioether (sulfide) groups is 1. The van der Waals surface area contributed by atoms with Crippen LogP contribution in [0.3, 0.4) is 0 Å². The van der Waals surface area contributed by atoms with Gasteiger partial charge in [0.2, 0.25) is 0 Å². The van der Waals surface area contributed by atoms with Gasteiger partial charge in [0.25, 0.3) is 0 Å². The van der Waals surface area contributed by atoms with E-state index >= 15 is 0 Å². The second-order valence-electron chi connectivity index (χ2n) is 8.02. The van der Waals surface area contributed by atoms with Gasteiger partial charge < -0.3 is 4.90 Å². The number of aromatic nitrogens is 1. The molecular formula is C24H26N4S2. The molecule has 4 nitrogen and oxygen atoms in total. The molecule has 154 valence electrons. The molecule has 3 aromatic rings. The van der Waals surface area contributed by atoms with Crippen LogP contribution in [-0.4, -0.2) is 53.4 Å². The molecule has 2 aliphatic rings. The summed E-state index contributed by atoms with van der Waals surface area (Å²) in [5, 5.41) is 3.68. The van der Waals surface area contributed by atoms with E-state index in [9.17, 15) is 0 Å². The summed E-state index contributed by atoms with van der Waals surface area (Å²) in [5.41, 5.74) is 3.46. The topological polar surface area (TPSA) is 31.7 Å². The second-order valence-corrected chi connectivity index (χ2v) is 9.97. The van der Waals surface area contributed by atoms with Gasteiger partial charge in [-0.2, -0.15) is 0 Å². The molecule has 0 aliphatic carbocycles. The van der Waals surface area contributed by atoms with Crippen molar-refractivity contribution in [3.63, 3.8) is 0 Å². The quantitative estimate of drug-likeness (QED) is 0.579. The number of nitrogens with zero attached hydrogens (tertiary/aromatic N) is 4. The third kappa shape index (κ3) is 4.04. The molecule has 0 N–H and O–H groups in total. The van der Waals surface area contributed by atoms with Gasteiger partial charge in [-0.3, -0.25) is 9.89 Å². The number of anilines is 1. The van der Waals surface area contributed by atoms with Crippen LogP contribution in [0, 0.1) is 0 Å². The molecule has 0 radical (unpaired) electrons. The van der Waals surface area contributed by atoms with Crippen LogP contribution in [0.25, 0.3) is 11.3 Å². The second kappa shape index (κ2) is 8.53. The van der Waals surface area contributed by atoms with Crippen LogP contribution in [0.2, 0.25) is 0 Å². The van der Waals surface area contributed by atoms with Gasteiger partial charge in [0.1, 0.15) is 0 Å². The molecule has 5 rings (SSSR count). The minimum absolute atomic E-state index is 0.112. The lowest BCUT2D eigenvalue weighted by molar-refractivity contribution is 0.274. The van der Waals surface area contributed by atoms with Gasteiger partial charge in [-0.05, 0) is 12.5 Å². The third-order valence-electron chi connectivity index (χ3n) is 5.92. The number of hydrogen-bond acceptors (Lipinski definition) is 6. The Morgan fingerprint density at radius 2 is 1.63 bits per heavy atom. The molecule has 3 heterocycles. The van der Waals surface area contributed by atoms with Crippen molar-refractivity contribution in [3.05, 3.63) is 71.6 Å². The molecule has 0 spiro atoms. The number of hydrogen-bond donors (Lipinski definition) is 0. The molecule has 2 unspecified atom stereocenters. The fraction of sp³-hybridized carbons (Fsp3) is 0.333. The number of aliphatic imine (C=N–C) groups is 1. The number of thiazole rings is 1. The first-order chi connectivity index (χ1) is 14.7. The van der Waals surface area contributed by atoms with E-state index in [-0.39, 0.29) is 5.54 Å². The summed E-state index contributed by atoms with van der Waals surface area (Å²) in [4.78, 5) is 14.9. The molecule has 2 aliphatic heterocycles. The summed E-state index contributed by atoms with van der Waals surface area (Å²) >= 11 is 3.76. The normalized spacial score (nSPS) is 24.8. The highest BCUT2D eigenvalue weighted by molar-refractivity contribution is 8.00. The van der Waals surface area contributed by atoms with Crippen molar-refractivity contribution in [1.29, 1.82) is 0 Å². The zero-order valence-electron chi connectivity index (χ0n) is 17.1. The number of benzene rings is 2. The van der Waals surface area contributed by atoms with Gasteiger partial charge >= 0.3 is 0 Å². The molecule has 6 heteroatoms. The lowest BCUT2D eigenvalue weighted by Crippen LogP contribution is -2.51. The largest absolute Gasteiger partial charge is 0.346 e. The molecule has 2 aromatic carbocycles. The van der Waals surface area contributed by atoms with Crippen molar-refractivity contribution in [3.8, 4) is 11.3 Å². The van der Waals surface area contributed by atoms with Crippen molar-refractivity contribution in [1.82, 2.24) is 9.88 Å². The molecule has 0 saturated carbocycles. The maximum Gasteiger partial charge on any atom is 0.185 e. The van der Waals surface area contributed by atoms with Crippen molar-refractivity contribution >= 4 is 34.4 Å². The Balaban J connectivity index is 1.20. The summed E-state index contributed by atoms with van der Waals surface area (Å²) in [6.45, 7) is 6.37. The fourth-order valence-electron chi connectivity index (χ4n) is 4.03. The van der Waals surface area contributed by atoms with Gasteiger partial charge in [0, 0.05) is 49.1 Å². The first-order valence-electron chi connectivity index (χ1n) is 10.4. The standard InChI is InChI=1S/C24H26N4S2/c1-24(20-10-6-3-7-11-20)18-30-22(16-25-24)27-12-14-28(15-13-27)23-26-21(17-29-23)19-8-4-2-5-9-19/h2-11,16-17,22H,12-15,18H2,1H3. The van der Waals surface area contributed by atoms with Crippen molar-refractivity contribution in [2.75, 3.05) is 36.8 Å². The molecule has 0 bridgehead atoms. The highest BCUT2D eigenvalue weighted by Crippen LogP contribution is 2.36. The van der Waals surface area contributed by atoms with Gasteiger partial charge in [0.15, 0.2) is 5.13 Å². The van der Waals surface area contributed by atoms with E-state index in [1.165, 1.54) is 11.1 Å². The minimum Gasteiger partial charge on any atom is -0.346 e. The van der Waals surface area contributed by atoms with E-state index in [0.717, 1.165) is 42.8 Å². The lowest BCUT2D eigenvalue weighted by Gasteiger charge is -2.40. The Bertz CT molecular complexity index is 996. The molecule has 1 fully saturated rings. The Hall–Kier alpha value is -2.15. The summed E-state index contributed by atoms with van der Waals surface area (Å²) in [5.74, 6) is 1.02. The van der Waals surface area contributed by atoms with E-state index in [2.05, 4.69) is 82.9 Å². The highest BCUT2D eigenvalue weighted by atomic mass is 32.2. The molecule has 30 heavy (non-hydrogen) atoms. The fourth-order valence-corrected chi connectivity index (χ4v) is 6.22. The zero-order valence-corrected chi connectivity index (χ0v) is 18.8. The predicted molar refractivity (Wildman–Crippen MR) is 130 cm³/mol. The molecule has 1 saturated heterocycles. The van der Waals surface area contributed by atoms with E-state index < -0.39 is 0 Å². The van der Waals surface area contributed by atoms with E-state index in [4.69, 9.17) is 9.98 Å². The Morgan fingerprint density at radius 3 is 2.30 bits per heavy atom. The SMILES string of the molecule is CC1(c2ccccc2)CSC(N2CCN(c3nc(-c4ccccc4)cs3)CC2)C=N1. The summed E-state index contributed by atoms with van der Waals surface area (Å²) in [6.07, 6.45) is 2.17. The van der Waals surface area contributed by atoms with Crippen LogP contribution in [0.5, 0.6) is 0 Å². The minimum atomic E-state index is -0.112. The number of piperazine rings is 1. The molecular weight excluding hydrogens is 408 g/mol. The lowest BCUT2D eigenvalue weighted by atomic mass is 9.95. The van der Waals surface area contributed by atoms with Crippen LogP contribution in [-0.2, 0) is 5.54 Å². The Kier molecular flexibility index (Phi) is 5.63. The van der Waals surface area contributed by atoms with Crippen LogP contribution in [0.4, 0.5) is 5.13 Å². The summed E-state index contributed by atoms with van der Waals surface area (Å²) in [6, 6.07) is 21.1. The highest BCUT2D eigenvalue weighted by Gasteiger charge is 2.33. The molecule has 1 aromatic heterocycles. The Labute approximate surface area is 186 Å². The van der Waals surface area contributed by atoms with E-state index in [0.29, 0.717) is 5.37 Å². The first kappa shape index (κ1) is 19.8. The monoisotopic (exact) mass is 434 g/mol. The van der Waals surface area contributed by atoms with Crippen molar-refractivity contribution < 1.29 is 0 Å². The maximum absolute atomic E-state index is 4.99. The third-order valence-corrected chi connectivity index (χ3v) is 8.32.